The van der Waals surface area contributed by atoms with Gasteiger partial charge in [0.1, 0.15) is 5.56 Å². The first-order valence-electron chi connectivity index (χ1n) is 11.5. The minimum absolute atomic E-state index is 0.0826. The van der Waals surface area contributed by atoms with E-state index in [0.29, 0.717) is 5.56 Å². The van der Waals surface area contributed by atoms with E-state index in [2.05, 4.69) is 15.4 Å². The van der Waals surface area contributed by atoms with Crippen LogP contribution in [0.25, 0.3) is 28.0 Å². The molecule has 0 radical (unpaired) electrons. The van der Waals surface area contributed by atoms with Crippen molar-refractivity contribution in [2.75, 3.05) is 11.5 Å². The Kier molecular flexibility index (Phi) is 6.89. The van der Waals surface area contributed by atoms with Crippen LogP contribution in [0.4, 0.5) is 13.2 Å². The number of amides is 1. The zero-order chi connectivity index (χ0) is 29.0. The molecule has 5 rings (SSSR count). The van der Waals surface area contributed by atoms with E-state index in [4.69, 9.17) is 16.7 Å². The maximum atomic E-state index is 13.3. The van der Waals surface area contributed by atoms with Crippen LogP contribution in [-0.2, 0) is 26.0 Å². The van der Waals surface area contributed by atoms with Crippen molar-refractivity contribution in [1.82, 2.24) is 19.9 Å². The molecule has 1 atom stereocenters. The first-order chi connectivity index (χ1) is 18.7. The number of primary sulfonamides is 1. The molecule has 0 saturated carbocycles. The van der Waals surface area contributed by atoms with Crippen LogP contribution in [0.1, 0.15) is 22.3 Å². The molecule has 0 spiro atoms. The van der Waals surface area contributed by atoms with Gasteiger partial charge in [0.05, 0.1) is 22.8 Å². The van der Waals surface area contributed by atoms with Crippen LogP contribution in [0.5, 0.6) is 0 Å². The number of sulfonamides is 1. The van der Waals surface area contributed by atoms with Gasteiger partial charge in [-0.1, -0.05) is 41.9 Å². The van der Waals surface area contributed by atoms with Gasteiger partial charge in [0.15, 0.2) is 15.5 Å². The average molecular weight is 614 g/mol. The number of sulfone groups is 1. The van der Waals surface area contributed by atoms with Gasteiger partial charge in [0.25, 0.3) is 15.9 Å². The van der Waals surface area contributed by atoms with Gasteiger partial charge < -0.3 is 5.32 Å². The summed E-state index contributed by atoms with van der Waals surface area (Å²) in [6.07, 6.45) is -3.20. The number of alkyl halides is 3. The summed E-state index contributed by atoms with van der Waals surface area (Å²) >= 11 is 6.40. The fraction of sp³-hybridized carbons (Fsp3) is 0.208. The summed E-state index contributed by atoms with van der Waals surface area (Å²) < 4.78 is 89.5. The van der Waals surface area contributed by atoms with Gasteiger partial charge in [0, 0.05) is 34.0 Å². The zero-order valence-corrected chi connectivity index (χ0v) is 22.6. The molecule has 1 unspecified atom stereocenters. The summed E-state index contributed by atoms with van der Waals surface area (Å²) in [4.78, 5) is 17.6. The van der Waals surface area contributed by atoms with Crippen molar-refractivity contribution in [2.45, 2.75) is 23.7 Å². The number of halogens is 4. The Morgan fingerprint density at radius 3 is 2.35 bits per heavy atom. The van der Waals surface area contributed by atoms with E-state index in [-0.39, 0.29) is 45.4 Å². The number of aromatic nitrogens is 3. The molecular formula is C24H19ClF3N5O5S2. The second-order valence-corrected chi connectivity index (χ2v) is 13.2. The first-order valence-corrected chi connectivity index (χ1v) is 15.3. The number of benzene rings is 2. The minimum Gasteiger partial charge on any atom is -0.348 e. The number of hydrogen-bond donors (Lipinski definition) is 2. The van der Waals surface area contributed by atoms with Gasteiger partial charge in [-0.3, -0.25) is 4.79 Å². The molecule has 2 aromatic carbocycles. The monoisotopic (exact) mass is 613 g/mol. The summed E-state index contributed by atoms with van der Waals surface area (Å²) in [6, 6.07) is 9.76. The number of carbonyl (C=O) groups excluding carboxylic acids is 1. The lowest BCUT2D eigenvalue weighted by Gasteiger charge is -2.14. The number of carbonyl (C=O) groups is 1. The zero-order valence-electron chi connectivity index (χ0n) is 20.2. The van der Waals surface area contributed by atoms with Crippen molar-refractivity contribution < 1.29 is 34.8 Å². The van der Waals surface area contributed by atoms with Crippen molar-refractivity contribution in [3.05, 3.63) is 70.9 Å². The third-order valence-corrected chi connectivity index (χ3v) is 9.25. The summed E-state index contributed by atoms with van der Waals surface area (Å²) in [7, 11) is -8.01. The van der Waals surface area contributed by atoms with Gasteiger partial charge in [0.2, 0.25) is 5.03 Å². The molecule has 1 fully saturated rings. The molecule has 0 bridgehead atoms. The van der Waals surface area contributed by atoms with Crippen LogP contribution in [0.15, 0.2) is 59.8 Å². The molecule has 1 amide bonds. The van der Waals surface area contributed by atoms with Gasteiger partial charge in [-0.2, -0.15) is 18.3 Å². The molecule has 3 N–H and O–H groups in total. The standard InChI is InChI=1S/C24H19ClF3N5O5S2/c25-18-4-2-1-3-16(18)17-11-30-21-19(22(34)31-15-9-10-39(35,36)12-15)23(40(29,37)38)32-33(21)20(17)13-5-7-14(8-6-13)24(26,27)28/h1-8,11,15H,9-10,12H2,(H,31,34)(H2,29,37,38). The molecule has 40 heavy (non-hydrogen) atoms. The third-order valence-electron chi connectivity index (χ3n) is 6.33. The van der Waals surface area contributed by atoms with Crippen LogP contribution in [0, 0.1) is 0 Å². The number of nitrogens with one attached hydrogen (secondary N) is 1. The summed E-state index contributed by atoms with van der Waals surface area (Å²) in [6.45, 7) is 0. The molecule has 4 aromatic rings. The molecule has 1 aliphatic heterocycles. The number of fused-ring (bicyclic) bond motifs is 1. The summed E-state index contributed by atoms with van der Waals surface area (Å²) in [5.41, 5.74) is -0.790. The van der Waals surface area contributed by atoms with Gasteiger partial charge in [-0.05, 0) is 24.6 Å². The highest BCUT2D eigenvalue weighted by Gasteiger charge is 2.35. The van der Waals surface area contributed by atoms with E-state index < -0.39 is 54.1 Å². The number of rotatable bonds is 5. The predicted molar refractivity (Wildman–Crippen MR) is 140 cm³/mol. The molecule has 210 valence electrons. The fourth-order valence-corrected chi connectivity index (χ4v) is 7.08. The van der Waals surface area contributed by atoms with Gasteiger partial charge in [-0.25, -0.2) is 31.5 Å². The third kappa shape index (κ3) is 5.29. The molecular weight excluding hydrogens is 595 g/mol. The Labute approximate surface area is 230 Å². The van der Waals surface area contributed by atoms with Crippen LogP contribution >= 0.6 is 11.6 Å². The highest BCUT2D eigenvalue weighted by molar-refractivity contribution is 7.91. The molecule has 1 aliphatic rings. The minimum atomic E-state index is -4.63. The lowest BCUT2D eigenvalue weighted by molar-refractivity contribution is -0.137. The highest BCUT2D eigenvalue weighted by Crippen LogP contribution is 2.38. The van der Waals surface area contributed by atoms with E-state index in [1.807, 2.05) is 0 Å². The van der Waals surface area contributed by atoms with Crippen LogP contribution in [-0.4, -0.2) is 54.9 Å². The van der Waals surface area contributed by atoms with Crippen LogP contribution < -0.4 is 10.5 Å². The number of nitrogens with two attached hydrogens (primary N) is 1. The average Bonchev–Trinajstić information content (AvgIpc) is 3.43. The SMILES string of the molecule is NS(=O)(=O)c1nn2c(-c3ccc(C(F)(F)F)cc3)c(-c3ccccc3Cl)cnc2c1C(=O)NC1CCS(=O)(=O)C1. The maximum absolute atomic E-state index is 13.3. The number of nitrogens with zero attached hydrogens (tertiary/aromatic N) is 3. The van der Waals surface area contributed by atoms with Crippen LogP contribution in [0.2, 0.25) is 5.02 Å². The first kappa shape index (κ1) is 28.0. The molecule has 10 nitrogen and oxygen atoms in total. The second-order valence-electron chi connectivity index (χ2n) is 9.11. The summed E-state index contributed by atoms with van der Waals surface area (Å²) in [5, 5.41) is 11.4. The lowest BCUT2D eigenvalue weighted by Crippen LogP contribution is -2.36. The van der Waals surface area contributed by atoms with Gasteiger partial charge in [-0.15, -0.1) is 0 Å². The fourth-order valence-electron chi connectivity index (χ4n) is 4.50. The molecule has 1 saturated heterocycles. The van der Waals surface area contributed by atoms with E-state index in [0.717, 1.165) is 16.6 Å². The van der Waals surface area contributed by atoms with Crippen molar-refractivity contribution in [3.8, 4) is 22.4 Å². The van der Waals surface area contributed by atoms with Crippen molar-refractivity contribution in [1.29, 1.82) is 0 Å². The van der Waals surface area contributed by atoms with Gasteiger partial charge >= 0.3 is 6.18 Å². The predicted octanol–water partition coefficient (Wildman–Crippen LogP) is 3.30. The van der Waals surface area contributed by atoms with Crippen molar-refractivity contribution >= 4 is 43.0 Å². The molecule has 0 aliphatic carbocycles. The van der Waals surface area contributed by atoms with Crippen LogP contribution in [0.3, 0.4) is 0 Å². The van der Waals surface area contributed by atoms with Crippen molar-refractivity contribution in [3.63, 3.8) is 0 Å². The molecule has 3 heterocycles. The maximum Gasteiger partial charge on any atom is 0.416 e. The quantitative estimate of drug-likeness (QED) is 0.350. The molecule has 2 aromatic heterocycles. The topological polar surface area (TPSA) is 154 Å². The number of hydrogen-bond acceptors (Lipinski definition) is 7. The second kappa shape index (κ2) is 9.83. The Bertz CT molecular complexity index is 1880. The Morgan fingerprint density at radius 1 is 1.10 bits per heavy atom. The highest BCUT2D eigenvalue weighted by atomic mass is 35.5. The molecule has 16 heteroatoms. The lowest BCUT2D eigenvalue weighted by atomic mass is 9.99. The largest absolute Gasteiger partial charge is 0.416 e. The Balaban J connectivity index is 1.77. The Hall–Kier alpha value is -3.53. The summed E-state index contributed by atoms with van der Waals surface area (Å²) in [5.74, 6) is -1.45. The van der Waals surface area contributed by atoms with E-state index in [1.165, 1.54) is 18.3 Å². The van der Waals surface area contributed by atoms with E-state index in [9.17, 15) is 34.8 Å². The van der Waals surface area contributed by atoms with Crippen molar-refractivity contribution in [2.24, 2.45) is 5.14 Å². The normalized spacial score (nSPS) is 17.3. The Morgan fingerprint density at radius 2 is 1.77 bits per heavy atom. The van der Waals surface area contributed by atoms with E-state index in [1.54, 1.807) is 24.3 Å². The van der Waals surface area contributed by atoms with E-state index >= 15 is 0 Å². The smallest absolute Gasteiger partial charge is 0.348 e.